The molecule has 0 atom stereocenters. The van der Waals surface area contributed by atoms with Crippen molar-refractivity contribution in [3.63, 3.8) is 0 Å². The molecule has 0 radical (unpaired) electrons. The number of halogens is 5. The molecule has 0 bridgehead atoms. The Hall–Kier alpha value is -1.75. The van der Waals surface area contributed by atoms with Crippen molar-refractivity contribution in [3.8, 4) is 0 Å². The summed E-state index contributed by atoms with van der Waals surface area (Å²) in [6.45, 7) is 0. The van der Waals surface area contributed by atoms with E-state index in [1.165, 1.54) is 0 Å². The van der Waals surface area contributed by atoms with Crippen LogP contribution in [-0.2, 0) is 4.84 Å². The number of carbonyl (C=O) groups excluding carboxylic acids is 1. The second-order valence-corrected chi connectivity index (χ2v) is 6.17. The van der Waals surface area contributed by atoms with Crippen molar-refractivity contribution >= 4 is 21.8 Å². The minimum atomic E-state index is -10.0. The molecule has 1 aromatic carbocycles. The number of rotatable bonds is 4. The predicted octanol–water partition coefficient (Wildman–Crippen LogP) is 4.38. The Morgan fingerprint density at radius 1 is 1.20 bits per heavy atom. The van der Waals surface area contributed by atoms with Crippen molar-refractivity contribution in [1.82, 2.24) is 5.06 Å². The van der Waals surface area contributed by atoms with Gasteiger partial charge in [0, 0.05) is 12.6 Å². The summed E-state index contributed by atoms with van der Waals surface area (Å²) in [7, 11) is -7.92. The molecule has 0 aromatic heterocycles. The van der Waals surface area contributed by atoms with Crippen molar-refractivity contribution < 1.29 is 29.1 Å². The van der Waals surface area contributed by atoms with Crippen LogP contribution >= 0.6 is 10.2 Å². The minimum absolute atomic E-state index is 0.0475. The molecule has 0 aliphatic heterocycles. The monoisotopic (exact) mass is 320 g/mol. The zero-order valence-corrected chi connectivity index (χ0v) is 11.0. The average Bonchev–Trinajstić information content (AvgIpc) is 2.33. The van der Waals surface area contributed by atoms with Gasteiger partial charge in [-0.2, -0.15) is 0 Å². The summed E-state index contributed by atoms with van der Waals surface area (Å²) in [4.78, 5) is 24.0. The van der Waals surface area contributed by atoms with Crippen molar-refractivity contribution in [2.75, 3.05) is 14.2 Å². The summed E-state index contributed by atoms with van der Waals surface area (Å²) in [5.74, 6) is -1.14. The molecule has 5 nitrogen and oxygen atoms in total. The fraction of sp³-hybridized carbons (Fsp3) is 0.222. The van der Waals surface area contributed by atoms with Crippen LogP contribution in [0.25, 0.3) is 0 Å². The van der Waals surface area contributed by atoms with Gasteiger partial charge in [0.2, 0.25) is 0 Å². The van der Waals surface area contributed by atoms with Gasteiger partial charge in [-0.1, -0.05) is 19.4 Å². The molecule has 1 aromatic rings. The maximum absolute atomic E-state index is 12.7. The van der Waals surface area contributed by atoms with Crippen LogP contribution in [0.15, 0.2) is 28.3 Å². The van der Waals surface area contributed by atoms with E-state index in [0.29, 0.717) is 11.1 Å². The van der Waals surface area contributed by atoms with Gasteiger partial charge >= 0.3 is 10.2 Å². The third-order valence-electron chi connectivity index (χ3n) is 2.25. The standard InChI is InChI=1S/C9H9F5N2O3S/c1-16(19-2)9(17)6-3-7(15-18)5-8(4-6)20(10,11,12,13)14/h3-5H,1-2H3. The lowest BCUT2D eigenvalue weighted by Gasteiger charge is -2.40. The predicted molar refractivity (Wildman–Crippen MR) is 62.4 cm³/mol. The van der Waals surface area contributed by atoms with Crippen LogP contribution in [0.5, 0.6) is 0 Å². The molecule has 0 fully saturated rings. The number of nitrogens with zero attached hydrogens (tertiary/aromatic N) is 2. The summed E-state index contributed by atoms with van der Waals surface area (Å²) in [5, 5.41) is 2.67. The van der Waals surface area contributed by atoms with Crippen molar-refractivity contribution in [2.24, 2.45) is 5.18 Å². The first-order chi connectivity index (χ1) is 8.78. The molecule has 0 spiro atoms. The number of benzene rings is 1. The van der Waals surface area contributed by atoms with Gasteiger partial charge in [0.15, 0.2) is 0 Å². The lowest BCUT2D eigenvalue weighted by molar-refractivity contribution is -0.0757. The first-order valence-corrected chi connectivity index (χ1v) is 6.78. The largest absolute Gasteiger partial charge is 0.310 e. The van der Waals surface area contributed by atoms with Crippen LogP contribution in [0, 0.1) is 4.91 Å². The van der Waals surface area contributed by atoms with Crippen molar-refractivity contribution in [2.45, 2.75) is 4.90 Å². The number of hydrogen-bond donors (Lipinski definition) is 0. The molecule has 0 aliphatic carbocycles. The Balaban J connectivity index is 3.54. The molecule has 0 aliphatic rings. The second-order valence-electron chi connectivity index (χ2n) is 3.76. The van der Waals surface area contributed by atoms with Crippen molar-refractivity contribution in [3.05, 3.63) is 28.7 Å². The van der Waals surface area contributed by atoms with Gasteiger partial charge in [0.25, 0.3) is 5.91 Å². The second kappa shape index (κ2) is 4.12. The molecule has 0 unspecified atom stereocenters. The molecule has 114 valence electrons. The zero-order chi connectivity index (χ0) is 15.8. The molecule has 11 heteroatoms. The van der Waals surface area contributed by atoms with E-state index in [2.05, 4.69) is 10.0 Å². The highest BCUT2D eigenvalue weighted by Gasteiger charge is 2.65. The van der Waals surface area contributed by atoms with E-state index in [-0.39, 0.29) is 12.1 Å². The Morgan fingerprint density at radius 2 is 1.75 bits per heavy atom. The summed E-state index contributed by atoms with van der Waals surface area (Å²) in [6.07, 6.45) is 0. The van der Waals surface area contributed by atoms with Gasteiger partial charge in [0.1, 0.15) is 10.6 Å². The van der Waals surface area contributed by atoms with Gasteiger partial charge in [-0.3, -0.25) is 9.63 Å². The van der Waals surface area contributed by atoms with Gasteiger partial charge in [-0.05, 0) is 23.4 Å². The third-order valence-corrected chi connectivity index (χ3v) is 3.38. The third kappa shape index (κ3) is 3.63. The van der Waals surface area contributed by atoms with Crippen molar-refractivity contribution in [1.29, 1.82) is 0 Å². The summed E-state index contributed by atoms with van der Waals surface area (Å²) in [6, 6.07) is 0.490. The normalized spacial score (nSPS) is 15.2. The van der Waals surface area contributed by atoms with Crippen LogP contribution in [-0.4, -0.2) is 25.1 Å². The van der Waals surface area contributed by atoms with E-state index in [1.807, 2.05) is 0 Å². The SMILES string of the molecule is CON(C)C(=O)c1cc(N=O)cc(S(F)(F)(F)(F)F)c1. The molecule has 0 N–H and O–H groups in total. The number of hydroxylamine groups is 2. The first-order valence-electron chi connectivity index (χ1n) is 4.83. The van der Waals surface area contributed by atoms with E-state index >= 15 is 0 Å². The number of nitroso groups, excluding NO2 is 1. The van der Waals surface area contributed by atoms with Crippen LogP contribution in [0.1, 0.15) is 10.4 Å². The number of amides is 1. The van der Waals surface area contributed by atoms with Gasteiger partial charge < -0.3 is 0 Å². The van der Waals surface area contributed by atoms with Crippen LogP contribution in [0.2, 0.25) is 0 Å². The summed E-state index contributed by atoms with van der Waals surface area (Å²) >= 11 is 0. The molecule has 1 amide bonds. The molecular formula is C9H9F5N2O3S. The summed E-state index contributed by atoms with van der Waals surface area (Å²) < 4.78 is 63.5. The highest BCUT2D eigenvalue weighted by Crippen LogP contribution is 3.02. The highest BCUT2D eigenvalue weighted by atomic mass is 32.5. The maximum atomic E-state index is 12.7. The minimum Gasteiger partial charge on any atom is -0.274 e. The Morgan fingerprint density at radius 3 is 2.15 bits per heavy atom. The molecular weight excluding hydrogens is 311 g/mol. The van der Waals surface area contributed by atoms with E-state index in [9.17, 15) is 29.1 Å². The lowest BCUT2D eigenvalue weighted by Crippen LogP contribution is -2.25. The van der Waals surface area contributed by atoms with E-state index < -0.39 is 32.3 Å². The maximum Gasteiger partial charge on any atom is 0.310 e. The number of hydrogen-bond acceptors (Lipinski definition) is 4. The first kappa shape index (κ1) is 16.3. The average molecular weight is 320 g/mol. The van der Waals surface area contributed by atoms with Gasteiger partial charge in [-0.15, -0.1) is 4.91 Å². The zero-order valence-electron chi connectivity index (χ0n) is 10.1. The lowest BCUT2D eigenvalue weighted by atomic mass is 10.2. The Bertz CT molecular complexity index is 574. The van der Waals surface area contributed by atoms with Gasteiger partial charge in [0.05, 0.1) is 7.11 Å². The highest BCUT2D eigenvalue weighted by molar-refractivity contribution is 8.45. The molecule has 1 rings (SSSR count). The van der Waals surface area contributed by atoms with E-state index in [4.69, 9.17) is 0 Å². The van der Waals surface area contributed by atoms with E-state index in [1.54, 1.807) is 0 Å². The van der Waals surface area contributed by atoms with Gasteiger partial charge in [-0.25, -0.2) is 5.06 Å². The fourth-order valence-corrected chi connectivity index (χ4v) is 1.94. The van der Waals surface area contributed by atoms with Crippen LogP contribution < -0.4 is 0 Å². The Labute approximate surface area is 110 Å². The fourth-order valence-electron chi connectivity index (χ4n) is 1.25. The summed E-state index contributed by atoms with van der Waals surface area (Å²) in [5.41, 5.74) is -1.74. The molecule has 20 heavy (non-hydrogen) atoms. The smallest absolute Gasteiger partial charge is 0.274 e. The van der Waals surface area contributed by atoms with E-state index in [0.717, 1.165) is 14.2 Å². The molecule has 0 heterocycles. The number of carbonyl (C=O) groups is 1. The molecule has 0 saturated carbocycles. The topological polar surface area (TPSA) is 59.0 Å². The quantitative estimate of drug-likeness (QED) is 0.470. The Kier molecular flexibility index (Phi) is 3.36. The van der Waals surface area contributed by atoms with Crippen LogP contribution in [0.3, 0.4) is 0 Å². The molecule has 0 saturated heterocycles. The van der Waals surface area contributed by atoms with Crippen LogP contribution in [0.4, 0.5) is 25.1 Å².